The average molecular weight is 377 g/mol. The Bertz CT molecular complexity index is 908. The molecule has 1 amide bonds. The lowest BCUT2D eigenvalue weighted by molar-refractivity contribution is -0.139. The van der Waals surface area contributed by atoms with Crippen molar-refractivity contribution in [1.29, 1.82) is 0 Å². The SMILES string of the molecule is O=C(NC(Cc1ccc(C=CS(=O)(=O)F)cc1)C(=O)O)c1ccccc1. The summed E-state index contributed by atoms with van der Waals surface area (Å²) in [6.45, 7) is 0. The molecule has 0 saturated carbocycles. The molecule has 1 atom stereocenters. The molecule has 2 rings (SSSR count). The highest BCUT2D eigenvalue weighted by atomic mass is 32.3. The summed E-state index contributed by atoms with van der Waals surface area (Å²) in [7, 11) is -4.71. The number of hydrogen-bond acceptors (Lipinski definition) is 4. The van der Waals surface area contributed by atoms with E-state index < -0.39 is 28.1 Å². The highest BCUT2D eigenvalue weighted by molar-refractivity contribution is 7.89. The molecule has 0 aliphatic carbocycles. The quantitative estimate of drug-likeness (QED) is 0.722. The first kappa shape index (κ1) is 19.3. The molecule has 136 valence electrons. The highest BCUT2D eigenvalue weighted by Crippen LogP contribution is 2.11. The van der Waals surface area contributed by atoms with E-state index >= 15 is 0 Å². The summed E-state index contributed by atoms with van der Waals surface area (Å²) in [5.74, 6) is -1.67. The van der Waals surface area contributed by atoms with E-state index in [0.717, 1.165) is 6.08 Å². The number of halogens is 1. The van der Waals surface area contributed by atoms with E-state index in [1.807, 2.05) is 0 Å². The van der Waals surface area contributed by atoms with Crippen molar-refractivity contribution in [2.75, 3.05) is 0 Å². The Balaban J connectivity index is 2.07. The maximum Gasteiger partial charge on any atom is 0.326 e. The third kappa shape index (κ3) is 6.14. The van der Waals surface area contributed by atoms with E-state index in [4.69, 9.17) is 0 Å². The topological polar surface area (TPSA) is 101 Å². The largest absolute Gasteiger partial charge is 0.480 e. The van der Waals surface area contributed by atoms with Crippen LogP contribution in [0.3, 0.4) is 0 Å². The molecule has 26 heavy (non-hydrogen) atoms. The fraction of sp³-hybridized carbons (Fsp3) is 0.111. The first-order chi connectivity index (χ1) is 12.2. The van der Waals surface area contributed by atoms with E-state index in [1.165, 1.54) is 12.1 Å². The fourth-order valence-corrected chi connectivity index (χ4v) is 2.51. The van der Waals surface area contributed by atoms with Crippen LogP contribution in [0.25, 0.3) is 6.08 Å². The Morgan fingerprint density at radius 3 is 2.23 bits per heavy atom. The van der Waals surface area contributed by atoms with Gasteiger partial charge in [-0.15, -0.1) is 3.89 Å². The van der Waals surface area contributed by atoms with Gasteiger partial charge in [0.1, 0.15) is 6.04 Å². The second-order valence-electron chi connectivity index (χ2n) is 5.45. The van der Waals surface area contributed by atoms with Gasteiger partial charge in [-0.3, -0.25) is 4.79 Å². The zero-order valence-electron chi connectivity index (χ0n) is 13.5. The predicted molar refractivity (Wildman–Crippen MR) is 94.5 cm³/mol. The number of amides is 1. The summed E-state index contributed by atoms with van der Waals surface area (Å²) >= 11 is 0. The third-order valence-corrected chi connectivity index (χ3v) is 3.94. The van der Waals surface area contributed by atoms with Gasteiger partial charge in [0.2, 0.25) is 0 Å². The molecular formula is C18H16FNO5S. The molecule has 8 heteroatoms. The van der Waals surface area contributed by atoms with Crippen molar-refractivity contribution in [1.82, 2.24) is 5.32 Å². The van der Waals surface area contributed by atoms with E-state index in [-0.39, 0.29) is 6.42 Å². The molecule has 0 radical (unpaired) electrons. The van der Waals surface area contributed by atoms with Gasteiger partial charge in [-0.2, -0.15) is 8.42 Å². The van der Waals surface area contributed by atoms with Crippen LogP contribution in [0.2, 0.25) is 0 Å². The van der Waals surface area contributed by atoms with Crippen LogP contribution in [-0.4, -0.2) is 31.4 Å². The number of carbonyl (C=O) groups is 2. The van der Waals surface area contributed by atoms with Crippen molar-refractivity contribution in [2.45, 2.75) is 12.5 Å². The maximum atomic E-state index is 12.5. The zero-order chi connectivity index (χ0) is 19.2. The van der Waals surface area contributed by atoms with Crippen molar-refractivity contribution in [2.24, 2.45) is 0 Å². The molecule has 1 unspecified atom stereocenters. The van der Waals surface area contributed by atoms with Gasteiger partial charge in [-0.25, -0.2) is 4.79 Å². The minimum absolute atomic E-state index is 0.0410. The average Bonchev–Trinajstić information content (AvgIpc) is 2.60. The van der Waals surface area contributed by atoms with Crippen molar-refractivity contribution in [3.63, 3.8) is 0 Å². The molecule has 0 aromatic heterocycles. The first-order valence-corrected chi connectivity index (χ1v) is 9.00. The number of aliphatic carboxylic acids is 1. The molecule has 2 aromatic rings. The first-order valence-electron chi connectivity index (χ1n) is 7.55. The summed E-state index contributed by atoms with van der Waals surface area (Å²) < 4.78 is 33.4. The van der Waals surface area contributed by atoms with Crippen LogP contribution < -0.4 is 5.32 Å². The molecule has 0 aliphatic heterocycles. The van der Waals surface area contributed by atoms with Crippen LogP contribution in [0.5, 0.6) is 0 Å². The van der Waals surface area contributed by atoms with Gasteiger partial charge < -0.3 is 10.4 Å². The van der Waals surface area contributed by atoms with Gasteiger partial charge in [-0.1, -0.05) is 42.5 Å². The van der Waals surface area contributed by atoms with Gasteiger partial charge >= 0.3 is 16.2 Å². The van der Waals surface area contributed by atoms with Crippen LogP contribution in [0.15, 0.2) is 60.0 Å². The van der Waals surface area contributed by atoms with Crippen molar-refractivity contribution < 1.29 is 27.0 Å². The lowest BCUT2D eigenvalue weighted by Gasteiger charge is -2.15. The minimum Gasteiger partial charge on any atom is -0.480 e. The highest BCUT2D eigenvalue weighted by Gasteiger charge is 2.21. The van der Waals surface area contributed by atoms with Crippen LogP contribution in [0.4, 0.5) is 3.89 Å². The van der Waals surface area contributed by atoms with E-state index in [2.05, 4.69) is 5.32 Å². The van der Waals surface area contributed by atoms with E-state index in [1.54, 1.807) is 42.5 Å². The molecular weight excluding hydrogens is 361 g/mol. The van der Waals surface area contributed by atoms with E-state index in [0.29, 0.717) is 22.1 Å². The Morgan fingerprint density at radius 1 is 1.08 bits per heavy atom. The molecule has 0 aliphatic rings. The van der Waals surface area contributed by atoms with Crippen LogP contribution in [0, 0.1) is 0 Å². The Morgan fingerprint density at radius 2 is 1.69 bits per heavy atom. The van der Waals surface area contributed by atoms with Crippen molar-refractivity contribution in [3.8, 4) is 0 Å². The number of carboxylic acids is 1. The number of rotatable bonds is 7. The van der Waals surface area contributed by atoms with Crippen LogP contribution in [-0.2, 0) is 21.4 Å². The normalized spacial score (nSPS) is 12.7. The second kappa shape index (κ2) is 8.39. The minimum atomic E-state index is -4.71. The number of nitrogens with one attached hydrogen (secondary N) is 1. The molecule has 0 bridgehead atoms. The fourth-order valence-electron chi connectivity index (χ4n) is 2.19. The lowest BCUT2D eigenvalue weighted by Crippen LogP contribution is -2.42. The summed E-state index contributed by atoms with van der Waals surface area (Å²) in [4.78, 5) is 23.5. The van der Waals surface area contributed by atoms with E-state index in [9.17, 15) is 27.0 Å². The summed E-state index contributed by atoms with van der Waals surface area (Å²) in [5.41, 5.74) is 1.41. The second-order valence-corrected chi connectivity index (χ2v) is 6.68. The molecule has 2 N–H and O–H groups in total. The van der Waals surface area contributed by atoms with Gasteiger partial charge in [0.25, 0.3) is 5.91 Å². The van der Waals surface area contributed by atoms with Crippen molar-refractivity contribution in [3.05, 3.63) is 76.7 Å². The molecule has 2 aromatic carbocycles. The standard InChI is InChI=1S/C18H16FNO5S/c19-26(24,25)11-10-13-6-8-14(9-7-13)12-16(18(22)23)20-17(21)15-4-2-1-3-5-15/h1-11,16H,12H2,(H,20,21)(H,22,23). The molecule has 0 saturated heterocycles. The lowest BCUT2D eigenvalue weighted by atomic mass is 10.0. The molecule has 0 heterocycles. The Kier molecular flexibility index (Phi) is 6.24. The monoisotopic (exact) mass is 377 g/mol. The molecule has 0 spiro atoms. The van der Waals surface area contributed by atoms with Gasteiger partial charge in [0.15, 0.2) is 0 Å². The molecule has 6 nitrogen and oxygen atoms in total. The van der Waals surface area contributed by atoms with Gasteiger partial charge in [-0.05, 0) is 29.3 Å². The Hall–Kier alpha value is -3.00. The van der Waals surface area contributed by atoms with Crippen LogP contribution in [0.1, 0.15) is 21.5 Å². The summed E-state index contributed by atoms with van der Waals surface area (Å²) in [5, 5.41) is 12.2. The predicted octanol–water partition coefficient (Wildman–Crippen LogP) is 2.38. The van der Waals surface area contributed by atoms with Crippen LogP contribution >= 0.6 is 0 Å². The van der Waals surface area contributed by atoms with Gasteiger partial charge in [0.05, 0.1) is 5.41 Å². The Labute approximate surface area is 150 Å². The zero-order valence-corrected chi connectivity index (χ0v) is 14.3. The number of carboxylic acid groups (broad SMARTS) is 1. The number of benzene rings is 2. The van der Waals surface area contributed by atoms with Gasteiger partial charge in [0, 0.05) is 12.0 Å². The van der Waals surface area contributed by atoms with Crippen molar-refractivity contribution >= 4 is 28.2 Å². The number of hydrogen-bond donors (Lipinski definition) is 2. The maximum absolute atomic E-state index is 12.5. The smallest absolute Gasteiger partial charge is 0.326 e. The summed E-state index contributed by atoms with van der Waals surface area (Å²) in [6, 6.07) is 13.3. The number of carbonyl (C=O) groups excluding carboxylic acids is 1. The summed E-state index contributed by atoms with van der Waals surface area (Å²) in [6.07, 6.45) is 1.13. The third-order valence-electron chi connectivity index (χ3n) is 3.48. The molecule has 0 fully saturated rings.